The molecule has 6 saturated heterocycles. The number of carbonyl (C=O) groups excluding carboxylic acids is 1. The van der Waals surface area contributed by atoms with Gasteiger partial charge in [0.1, 0.15) is 134 Å². The van der Waals surface area contributed by atoms with Crippen molar-refractivity contribution in [3.63, 3.8) is 0 Å². The molecule has 32 nitrogen and oxygen atoms in total. The number of rotatable bonds is 16. The summed E-state index contributed by atoms with van der Waals surface area (Å²) in [7, 11) is 0. The zero-order valence-corrected chi connectivity index (χ0v) is 55.9. The summed E-state index contributed by atoms with van der Waals surface area (Å²) < 4.78 is 71.3. The van der Waals surface area contributed by atoms with Crippen molar-refractivity contribution in [2.75, 3.05) is 33.0 Å². The van der Waals surface area contributed by atoms with Crippen molar-refractivity contribution >= 4 is 5.97 Å². The van der Waals surface area contributed by atoms with E-state index in [0.29, 0.717) is 38.5 Å². The van der Waals surface area contributed by atoms with Gasteiger partial charge in [-0.1, -0.05) is 53.2 Å². The van der Waals surface area contributed by atoms with E-state index in [1.54, 1.807) is 6.92 Å². The van der Waals surface area contributed by atoms with Crippen molar-refractivity contribution in [3.05, 3.63) is 11.6 Å². The highest BCUT2D eigenvalue weighted by molar-refractivity contribution is 5.79. The molecule has 19 N–H and O–H groups in total. The van der Waals surface area contributed by atoms with E-state index in [2.05, 4.69) is 40.7 Å². The predicted octanol–water partition coefficient (Wildman–Crippen LogP) is -5.75. The summed E-state index contributed by atoms with van der Waals surface area (Å²) in [5.41, 5.74) is -3.75. The number of aliphatic hydroxyl groups excluding tert-OH is 18. The first-order valence-electron chi connectivity index (χ1n) is 34.3. The van der Waals surface area contributed by atoms with E-state index in [1.165, 1.54) is 6.92 Å². The van der Waals surface area contributed by atoms with Gasteiger partial charge in [0, 0.05) is 5.92 Å². The minimum Gasteiger partial charge on any atom is -0.432 e. The van der Waals surface area contributed by atoms with E-state index >= 15 is 4.79 Å². The second-order valence-corrected chi connectivity index (χ2v) is 31.1. The van der Waals surface area contributed by atoms with Gasteiger partial charge in [0.15, 0.2) is 31.5 Å². The molecule has 0 aromatic heterocycles. The lowest BCUT2D eigenvalue weighted by atomic mass is 9.33. The minimum absolute atomic E-state index is 0.0196. The van der Waals surface area contributed by atoms with Gasteiger partial charge in [-0.25, -0.2) is 0 Å². The van der Waals surface area contributed by atoms with Crippen molar-refractivity contribution in [1.29, 1.82) is 0 Å². The molecule has 0 amide bonds. The van der Waals surface area contributed by atoms with Crippen LogP contribution in [0.25, 0.3) is 0 Å². The Morgan fingerprint density at radius 1 is 0.495 bits per heavy atom. The lowest BCUT2D eigenvalue weighted by Crippen LogP contribution is -2.68. The summed E-state index contributed by atoms with van der Waals surface area (Å²) in [4.78, 5) is 15.3. The molecule has 5 aliphatic carbocycles. The molecule has 0 aromatic carbocycles. The Labute approximate surface area is 561 Å². The number of ether oxygens (including phenoxy) is 12. The minimum atomic E-state index is -2.05. The SMILES string of the molecule is C[C@@H]1O[C@@H](O[C@H]2[C@H](O[C@H]3CC[C@@]4(C)C(CC[C@]5(C)C4CC=C4[C@H]6[C@](C(=O)O[C@@H]7O[C@H](CO[C@@H]8O[C@H](CO)[C@@H](O)[C@H](O)[C@H]8O)[C@@H](O)[C@H](O)[C@H]7O)(CC[C@@H](C)[C@@]6(C)O)CC[C@]45C)C3(C)C)OC[C@H](O)[C@@H]2O)[C@H](O)[C@H](O[C@@H]2O[C@H](CO)[C@@H](O[C@@H]3O[C@H](CO)[C@@H](O)[C@H](O)[C@H]3O)[C@H](O)[C@H]2O)[C@H]1O. The molecule has 10 fully saturated rings. The maximum Gasteiger partial charge on any atom is 0.315 e. The smallest absolute Gasteiger partial charge is 0.315 e. The van der Waals surface area contributed by atoms with Crippen LogP contribution in [0.5, 0.6) is 0 Å². The first-order chi connectivity index (χ1) is 45.5. The summed E-state index contributed by atoms with van der Waals surface area (Å²) in [6.45, 7) is 12.8. The molecule has 39 atom stereocenters. The fraction of sp³-hybridized carbons (Fsp3) is 0.954. The standard InChI is InChI=1S/C65H106O32/c1-24-11-16-65(59(84)97-56-46(81)42(77)39(74)31(92-56)23-87-53-44(79)40(75)37(72)28(19-66)89-53)18-17-62(6)26(52(65)64(24,8)85)9-10-33-61(5)14-13-34(60(3,4)32(61)12-15-63(33,62)7)93-58-51(36(71)27(69)22-86-58)96-57-48(83)50(35(70)25(2)88-57)95-55-47(82)43(78)49(30(21-68)91-55)94-54-45(80)41(76)38(73)29(20-67)90-54/h9,24-25,27-58,66-83,85H,10-23H2,1-8H3/t24-,25+,27+,28-,29-,30-,31-,32?,33?,34+,35+,36+,37-,38-,39-,40+,41+,42+,43-,44-,45-,46-,47-,48-,49-,50-,51-,52-,53-,54+,55+,56+,57+,58+,61+,62-,63-,64-,65+/m1/s1. The third-order valence-corrected chi connectivity index (χ3v) is 25.6. The van der Waals surface area contributed by atoms with Crippen molar-refractivity contribution < 1.29 is 159 Å². The molecule has 97 heavy (non-hydrogen) atoms. The molecule has 6 aliphatic heterocycles. The Morgan fingerprint density at radius 3 is 1.66 bits per heavy atom. The zero-order valence-electron chi connectivity index (χ0n) is 55.9. The zero-order chi connectivity index (χ0) is 70.9. The van der Waals surface area contributed by atoms with Crippen LogP contribution in [0.3, 0.4) is 0 Å². The number of aliphatic hydroxyl groups is 19. The van der Waals surface area contributed by atoms with E-state index in [0.717, 1.165) is 18.4 Å². The van der Waals surface area contributed by atoms with Gasteiger partial charge in [-0.15, -0.1) is 0 Å². The van der Waals surface area contributed by atoms with Crippen molar-refractivity contribution in [2.45, 2.75) is 303 Å². The maximum absolute atomic E-state index is 15.3. The van der Waals surface area contributed by atoms with E-state index in [1.807, 2.05) is 6.92 Å². The molecule has 0 spiro atoms. The van der Waals surface area contributed by atoms with E-state index in [9.17, 15) is 97.0 Å². The first-order valence-corrected chi connectivity index (χ1v) is 34.3. The lowest BCUT2D eigenvalue weighted by molar-refractivity contribution is -0.390. The summed E-state index contributed by atoms with van der Waals surface area (Å²) in [6, 6.07) is 0. The Morgan fingerprint density at radius 2 is 1.03 bits per heavy atom. The average Bonchev–Trinajstić information content (AvgIpc) is 0.671. The molecule has 558 valence electrons. The van der Waals surface area contributed by atoms with Crippen molar-refractivity contribution in [1.82, 2.24) is 0 Å². The third-order valence-electron chi connectivity index (χ3n) is 25.6. The molecule has 11 aliphatic rings. The third kappa shape index (κ3) is 12.8. The van der Waals surface area contributed by atoms with Gasteiger partial charge < -0.3 is 154 Å². The van der Waals surface area contributed by atoms with Crippen LogP contribution in [-0.2, 0) is 61.6 Å². The number of esters is 1. The van der Waals surface area contributed by atoms with Crippen LogP contribution in [0.2, 0.25) is 0 Å². The van der Waals surface area contributed by atoms with Gasteiger partial charge in [0.25, 0.3) is 0 Å². The van der Waals surface area contributed by atoms with Gasteiger partial charge in [0.05, 0.1) is 56.3 Å². The monoisotopic (exact) mass is 1400 g/mol. The fourth-order valence-electron chi connectivity index (χ4n) is 19.3. The van der Waals surface area contributed by atoms with E-state index in [4.69, 9.17) is 56.8 Å². The largest absolute Gasteiger partial charge is 0.432 e. The molecule has 4 saturated carbocycles. The van der Waals surface area contributed by atoms with E-state index < -0.39 is 250 Å². The number of carbonyl (C=O) groups is 1. The number of fused-ring (bicyclic) bond motifs is 7. The quantitative estimate of drug-likeness (QED) is 0.0389. The molecule has 2 unspecified atom stereocenters. The van der Waals surface area contributed by atoms with Gasteiger partial charge in [-0.05, 0) is 111 Å². The van der Waals surface area contributed by atoms with Gasteiger partial charge >= 0.3 is 5.97 Å². The summed E-state index contributed by atoms with van der Waals surface area (Å²) in [6.07, 6.45) is -43.0. The normalized spacial score (nSPS) is 55.5. The van der Waals surface area contributed by atoms with Crippen LogP contribution in [-0.4, -0.2) is 326 Å². The molecule has 6 heterocycles. The molecule has 0 bridgehead atoms. The molecular weight excluding hydrogens is 1290 g/mol. The second kappa shape index (κ2) is 28.5. The number of allylic oxidation sites excluding steroid dienone is 1. The van der Waals surface area contributed by atoms with Crippen LogP contribution in [0.4, 0.5) is 0 Å². The Hall–Kier alpha value is -1.99. The summed E-state index contributed by atoms with van der Waals surface area (Å²) in [5.74, 6) is -1.72. The van der Waals surface area contributed by atoms with Crippen LogP contribution >= 0.6 is 0 Å². The van der Waals surface area contributed by atoms with Gasteiger partial charge in [-0.2, -0.15) is 0 Å². The van der Waals surface area contributed by atoms with Crippen LogP contribution in [0.1, 0.15) is 113 Å². The Balaban J connectivity index is 0.772. The first kappa shape index (κ1) is 76.1. The van der Waals surface area contributed by atoms with Gasteiger partial charge in [-0.3, -0.25) is 4.79 Å². The Bertz CT molecular complexity index is 2730. The second-order valence-electron chi connectivity index (χ2n) is 31.1. The number of hydrogen-bond acceptors (Lipinski definition) is 32. The van der Waals surface area contributed by atoms with Gasteiger partial charge in [0.2, 0.25) is 6.29 Å². The van der Waals surface area contributed by atoms with Crippen molar-refractivity contribution in [3.8, 4) is 0 Å². The molecule has 11 rings (SSSR count). The van der Waals surface area contributed by atoms with Crippen LogP contribution in [0.15, 0.2) is 11.6 Å². The number of hydrogen-bond donors (Lipinski definition) is 19. The van der Waals surface area contributed by atoms with Crippen molar-refractivity contribution in [2.24, 2.45) is 50.7 Å². The highest BCUT2D eigenvalue weighted by Crippen LogP contribution is 2.76. The topological polar surface area (TPSA) is 512 Å². The average molecular weight is 1400 g/mol. The lowest BCUT2D eigenvalue weighted by Gasteiger charge is -2.72. The highest BCUT2D eigenvalue weighted by Gasteiger charge is 2.72. The molecule has 32 heteroatoms. The predicted molar refractivity (Wildman–Crippen MR) is 322 cm³/mol. The Kier molecular flexibility index (Phi) is 22.4. The molecule has 0 aromatic rings. The summed E-state index contributed by atoms with van der Waals surface area (Å²) >= 11 is 0. The van der Waals surface area contributed by atoms with Crippen LogP contribution in [0, 0.1) is 50.7 Å². The van der Waals surface area contributed by atoms with E-state index in [-0.39, 0.29) is 36.2 Å². The fourth-order valence-corrected chi connectivity index (χ4v) is 19.3. The molecular formula is C65H106O32. The highest BCUT2D eigenvalue weighted by atomic mass is 16.8. The molecule has 0 radical (unpaired) electrons. The van der Waals surface area contributed by atoms with Crippen LogP contribution < -0.4 is 0 Å². The maximum atomic E-state index is 15.3. The summed E-state index contributed by atoms with van der Waals surface area (Å²) in [5, 5.41) is 207.